The molecule has 1 atom stereocenters. The molecular formula is C12H23NO4. The minimum atomic E-state index is -0.947. The molecule has 0 bridgehead atoms. The average molecular weight is 245 g/mol. The van der Waals surface area contributed by atoms with Gasteiger partial charge in [0.1, 0.15) is 0 Å². The van der Waals surface area contributed by atoms with Gasteiger partial charge in [0.25, 0.3) is 0 Å². The summed E-state index contributed by atoms with van der Waals surface area (Å²) in [6.07, 6.45) is 3.25. The van der Waals surface area contributed by atoms with Crippen molar-refractivity contribution in [3.63, 3.8) is 0 Å². The summed E-state index contributed by atoms with van der Waals surface area (Å²) in [4.78, 5) is 22.5. The van der Waals surface area contributed by atoms with E-state index in [9.17, 15) is 9.59 Å². The molecule has 0 saturated heterocycles. The Morgan fingerprint density at radius 3 is 2.41 bits per heavy atom. The summed E-state index contributed by atoms with van der Waals surface area (Å²) in [7, 11) is 1.22. The number of nitrogens with one attached hydrogen (secondary N) is 1. The molecule has 1 amide bonds. The zero-order valence-electron chi connectivity index (χ0n) is 10.9. The van der Waals surface area contributed by atoms with E-state index in [4.69, 9.17) is 5.11 Å². The standard InChI is InChI=1S/C12H23NO4/c1-9(2)6-4-5-7-11(15)13-10(8-14)12(16)17-3/h9-10,14H,4-8H2,1-3H3,(H,13,15). The Balaban J connectivity index is 3.80. The first kappa shape index (κ1) is 15.9. The second-order valence-electron chi connectivity index (χ2n) is 4.47. The van der Waals surface area contributed by atoms with Crippen molar-refractivity contribution < 1.29 is 19.4 Å². The van der Waals surface area contributed by atoms with Crippen molar-refractivity contribution in [2.45, 2.75) is 45.6 Å². The van der Waals surface area contributed by atoms with E-state index < -0.39 is 18.6 Å². The quantitative estimate of drug-likeness (QED) is 0.491. The first-order valence-corrected chi connectivity index (χ1v) is 5.99. The van der Waals surface area contributed by atoms with Crippen molar-refractivity contribution in [2.24, 2.45) is 5.92 Å². The predicted molar refractivity (Wildman–Crippen MR) is 64.3 cm³/mol. The van der Waals surface area contributed by atoms with Gasteiger partial charge in [-0.1, -0.05) is 26.7 Å². The molecule has 2 N–H and O–H groups in total. The normalized spacial score (nSPS) is 12.3. The molecule has 0 spiro atoms. The lowest BCUT2D eigenvalue weighted by molar-refractivity contribution is -0.146. The molecule has 0 aliphatic rings. The third-order valence-corrected chi connectivity index (χ3v) is 2.44. The number of methoxy groups -OCH3 is 1. The number of aliphatic hydroxyl groups excluding tert-OH is 1. The number of ether oxygens (including phenoxy) is 1. The van der Waals surface area contributed by atoms with Gasteiger partial charge in [-0.25, -0.2) is 4.79 Å². The summed E-state index contributed by atoms with van der Waals surface area (Å²) in [5.41, 5.74) is 0. The number of amides is 1. The zero-order valence-corrected chi connectivity index (χ0v) is 10.9. The lowest BCUT2D eigenvalue weighted by Crippen LogP contribution is -2.43. The summed E-state index contributed by atoms with van der Waals surface area (Å²) < 4.78 is 4.45. The second-order valence-corrected chi connectivity index (χ2v) is 4.47. The van der Waals surface area contributed by atoms with E-state index in [0.717, 1.165) is 19.3 Å². The number of carbonyl (C=O) groups excluding carboxylic acids is 2. The number of aliphatic hydroxyl groups is 1. The molecule has 0 rings (SSSR count). The van der Waals surface area contributed by atoms with Gasteiger partial charge in [-0.2, -0.15) is 0 Å². The Bertz CT molecular complexity index is 241. The maximum atomic E-state index is 11.4. The lowest BCUT2D eigenvalue weighted by Gasteiger charge is -2.13. The van der Waals surface area contributed by atoms with E-state index in [0.29, 0.717) is 12.3 Å². The van der Waals surface area contributed by atoms with Crippen LogP contribution in [0.3, 0.4) is 0 Å². The molecule has 0 aliphatic carbocycles. The molecule has 5 heteroatoms. The molecular weight excluding hydrogens is 222 g/mol. The Labute approximate surface area is 103 Å². The summed E-state index contributed by atoms with van der Waals surface area (Å²) in [5, 5.41) is 11.3. The zero-order chi connectivity index (χ0) is 13.3. The van der Waals surface area contributed by atoms with E-state index in [1.165, 1.54) is 7.11 Å². The fourth-order valence-corrected chi connectivity index (χ4v) is 1.43. The van der Waals surface area contributed by atoms with Gasteiger partial charge < -0.3 is 15.2 Å². The van der Waals surface area contributed by atoms with Gasteiger partial charge >= 0.3 is 5.97 Å². The van der Waals surface area contributed by atoms with Crippen LogP contribution >= 0.6 is 0 Å². The first-order valence-electron chi connectivity index (χ1n) is 5.99. The molecule has 17 heavy (non-hydrogen) atoms. The number of carbonyl (C=O) groups is 2. The summed E-state index contributed by atoms with van der Waals surface area (Å²) >= 11 is 0. The van der Waals surface area contributed by atoms with Crippen molar-refractivity contribution in [3.05, 3.63) is 0 Å². The molecule has 0 aliphatic heterocycles. The summed E-state index contributed by atoms with van der Waals surface area (Å²) in [5.74, 6) is -0.209. The average Bonchev–Trinajstić information content (AvgIpc) is 2.30. The van der Waals surface area contributed by atoms with Gasteiger partial charge in [0.05, 0.1) is 13.7 Å². The van der Waals surface area contributed by atoms with Crippen LogP contribution in [-0.4, -0.2) is 36.7 Å². The monoisotopic (exact) mass is 245 g/mol. The molecule has 0 aromatic carbocycles. The van der Waals surface area contributed by atoms with Crippen LogP contribution in [0, 0.1) is 5.92 Å². The van der Waals surface area contributed by atoms with Crippen molar-refractivity contribution in [3.8, 4) is 0 Å². The Morgan fingerprint density at radius 1 is 1.29 bits per heavy atom. The molecule has 5 nitrogen and oxygen atoms in total. The van der Waals surface area contributed by atoms with Gasteiger partial charge in [0.15, 0.2) is 6.04 Å². The van der Waals surface area contributed by atoms with E-state index >= 15 is 0 Å². The maximum absolute atomic E-state index is 11.4. The summed E-state index contributed by atoms with van der Waals surface area (Å²) in [6.45, 7) is 3.84. The van der Waals surface area contributed by atoms with Crippen LogP contribution in [0.1, 0.15) is 39.5 Å². The van der Waals surface area contributed by atoms with E-state index in [1.807, 2.05) is 0 Å². The smallest absolute Gasteiger partial charge is 0.330 e. The first-order chi connectivity index (χ1) is 8.01. The second kappa shape index (κ2) is 8.98. The molecule has 100 valence electrons. The highest BCUT2D eigenvalue weighted by molar-refractivity contribution is 5.84. The number of rotatable bonds is 8. The van der Waals surface area contributed by atoms with Crippen LogP contribution in [0.4, 0.5) is 0 Å². The highest BCUT2D eigenvalue weighted by atomic mass is 16.5. The van der Waals surface area contributed by atoms with E-state index in [1.54, 1.807) is 0 Å². The van der Waals surface area contributed by atoms with Crippen LogP contribution in [0.5, 0.6) is 0 Å². The van der Waals surface area contributed by atoms with Gasteiger partial charge in [0, 0.05) is 6.42 Å². The van der Waals surface area contributed by atoms with Crippen molar-refractivity contribution in [1.29, 1.82) is 0 Å². The molecule has 0 aromatic heterocycles. The molecule has 0 saturated carbocycles. The third kappa shape index (κ3) is 7.74. The predicted octanol–water partition coefficient (Wildman–Crippen LogP) is 0.853. The number of esters is 1. The van der Waals surface area contributed by atoms with Gasteiger partial charge in [-0.15, -0.1) is 0 Å². The molecule has 0 fully saturated rings. The van der Waals surface area contributed by atoms with Crippen LogP contribution < -0.4 is 5.32 Å². The number of unbranched alkanes of at least 4 members (excludes halogenated alkanes) is 1. The molecule has 0 aromatic rings. The van der Waals surface area contributed by atoms with E-state index in [-0.39, 0.29) is 5.91 Å². The third-order valence-electron chi connectivity index (χ3n) is 2.44. The molecule has 1 unspecified atom stereocenters. The van der Waals surface area contributed by atoms with Crippen LogP contribution in [0.2, 0.25) is 0 Å². The lowest BCUT2D eigenvalue weighted by atomic mass is 10.1. The van der Waals surface area contributed by atoms with Gasteiger partial charge in [-0.3, -0.25) is 4.79 Å². The topological polar surface area (TPSA) is 75.6 Å². The minimum absolute atomic E-state index is 0.224. The van der Waals surface area contributed by atoms with Crippen LogP contribution in [-0.2, 0) is 14.3 Å². The minimum Gasteiger partial charge on any atom is -0.467 e. The highest BCUT2D eigenvalue weighted by Crippen LogP contribution is 2.07. The Hall–Kier alpha value is -1.10. The molecule has 0 heterocycles. The fraction of sp³-hybridized carbons (Fsp3) is 0.833. The Morgan fingerprint density at radius 2 is 1.94 bits per heavy atom. The van der Waals surface area contributed by atoms with Gasteiger partial charge in [-0.05, 0) is 12.3 Å². The van der Waals surface area contributed by atoms with Gasteiger partial charge in [0.2, 0.25) is 5.91 Å². The fourth-order valence-electron chi connectivity index (χ4n) is 1.43. The van der Waals surface area contributed by atoms with Crippen molar-refractivity contribution in [2.75, 3.05) is 13.7 Å². The van der Waals surface area contributed by atoms with E-state index in [2.05, 4.69) is 23.9 Å². The SMILES string of the molecule is COC(=O)C(CO)NC(=O)CCCCC(C)C. The summed E-state index contributed by atoms with van der Waals surface area (Å²) in [6, 6.07) is -0.947. The van der Waals surface area contributed by atoms with Crippen LogP contribution in [0.15, 0.2) is 0 Å². The van der Waals surface area contributed by atoms with Crippen LogP contribution in [0.25, 0.3) is 0 Å². The largest absolute Gasteiger partial charge is 0.467 e. The number of hydrogen-bond acceptors (Lipinski definition) is 4. The Kier molecular flexibility index (Phi) is 8.40. The van der Waals surface area contributed by atoms with Crippen molar-refractivity contribution >= 4 is 11.9 Å². The maximum Gasteiger partial charge on any atom is 0.330 e. The number of hydrogen-bond donors (Lipinski definition) is 2. The van der Waals surface area contributed by atoms with Crippen molar-refractivity contribution in [1.82, 2.24) is 5.32 Å². The molecule has 0 radical (unpaired) electrons. The highest BCUT2D eigenvalue weighted by Gasteiger charge is 2.19.